The molecule has 5 nitrogen and oxygen atoms in total. The molecule has 0 fully saturated rings. The van der Waals surface area contributed by atoms with Gasteiger partial charge in [-0.3, -0.25) is 0 Å². The molecule has 0 aliphatic heterocycles. The minimum atomic E-state index is -0.403. The third-order valence-corrected chi connectivity index (χ3v) is 2.16. The van der Waals surface area contributed by atoms with Crippen molar-refractivity contribution >= 4 is 5.95 Å². The van der Waals surface area contributed by atoms with Crippen LogP contribution in [0.2, 0.25) is 0 Å². The monoisotopic (exact) mass is 225 g/mol. The Morgan fingerprint density at radius 3 is 2.88 bits per heavy atom. The molecule has 0 aliphatic carbocycles. The molecule has 0 aromatic carbocycles. The first kappa shape index (κ1) is 12.7. The molecular formula is C11H19N3O2. The zero-order valence-electron chi connectivity index (χ0n) is 9.97. The van der Waals surface area contributed by atoms with Gasteiger partial charge in [-0.1, -0.05) is 13.8 Å². The summed E-state index contributed by atoms with van der Waals surface area (Å²) in [6.45, 7) is 6.84. The maximum absolute atomic E-state index is 9.61. The Hall–Kier alpha value is -1.36. The van der Waals surface area contributed by atoms with Crippen LogP contribution < -0.4 is 10.1 Å². The Kier molecular flexibility index (Phi) is 4.98. The summed E-state index contributed by atoms with van der Waals surface area (Å²) in [4.78, 5) is 8.18. The molecule has 0 saturated heterocycles. The number of ether oxygens (including phenoxy) is 1. The van der Waals surface area contributed by atoms with Crippen LogP contribution in [0.5, 0.6) is 5.88 Å². The lowest BCUT2D eigenvalue weighted by atomic mass is 10.1. The van der Waals surface area contributed by atoms with E-state index < -0.39 is 6.10 Å². The van der Waals surface area contributed by atoms with Crippen molar-refractivity contribution in [3.8, 4) is 5.88 Å². The molecule has 5 heteroatoms. The third-order valence-electron chi connectivity index (χ3n) is 2.16. The molecule has 0 amide bonds. The van der Waals surface area contributed by atoms with E-state index >= 15 is 0 Å². The minimum Gasteiger partial charge on any atom is -0.478 e. The van der Waals surface area contributed by atoms with Crippen LogP contribution >= 0.6 is 0 Å². The molecule has 2 N–H and O–H groups in total. The van der Waals surface area contributed by atoms with Crippen molar-refractivity contribution in [2.24, 2.45) is 5.92 Å². The van der Waals surface area contributed by atoms with E-state index in [1.54, 1.807) is 12.3 Å². The van der Waals surface area contributed by atoms with E-state index in [-0.39, 0.29) is 5.92 Å². The quantitative estimate of drug-likeness (QED) is 0.764. The van der Waals surface area contributed by atoms with Crippen LogP contribution in [0, 0.1) is 5.92 Å². The Balaban J connectivity index is 2.50. The Labute approximate surface area is 95.9 Å². The first-order valence-corrected chi connectivity index (χ1v) is 5.51. The van der Waals surface area contributed by atoms with Gasteiger partial charge in [0.1, 0.15) is 0 Å². The standard InChI is InChI=1S/C11H19N3O2/c1-4-16-10-5-6-12-11(14-10)13-7-9(15)8(2)3/h5-6,8-9,15H,4,7H2,1-3H3,(H,12,13,14). The predicted molar refractivity (Wildman–Crippen MR) is 62.5 cm³/mol. The van der Waals surface area contributed by atoms with Gasteiger partial charge in [0.15, 0.2) is 0 Å². The van der Waals surface area contributed by atoms with Crippen LogP contribution in [0.25, 0.3) is 0 Å². The highest BCUT2D eigenvalue weighted by Crippen LogP contribution is 2.09. The van der Waals surface area contributed by atoms with Gasteiger partial charge in [0.25, 0.3) is 0 Å². The van der Waals surface area contributed by atoms with Crippen LogP contribution in [-0.4, -0.2) is 34.3 Å². The first-order valence-electron chi connectivity index (χ1n) is 5.51. The lowest BCUT2D eigenvalue weighted by molar-refractivity contribution is 0.137. The van der Waals surface area contributed by atoms with Crippen LogP contribution in [0.4, 0.5) is 5.95 Å². The minimum absolute atomic E-state index is 0.211. The fourth-order valence-electron chi connectivity index (χ4n) is 1.09. The average Bonchev–Trinajstić information content (AvgIpc) is 2.26. The summed E-state index contributed by atoms with van der Waals surface area (Å²) >= 11 is 0. The molecule has 0 bridgehead atoms. The van der Waals surface area contributed by atoms with Crippen LogP contribution in [0.15, 0.2) is 12.3 Å². The van der Waals surface area contributed by atoms with Crippen molar-refractivity contribution in [1.82, 2.24) is 9.97 Å². The van der Waals surface area contributed by atoms with Crippen LogP contribution in [0.1, 0.15) is 20.8 Å². The number of anilines is 1. The number of hydrogen-bond donors (Lipinski definition) is 2. The van der Waals surface area contributed by atoms with E-state index in [1.165, 1.54) is 0 Å². The number of hydrogen-bond acceptors (Lipinski definition) is 5. The molecule has 1 aromatic rings. The van der Waals surface area contributed by atoms with Gasteiger partial charge < -0.3 is 15.2 Å². The van der Waals surface area contributed by atoms with Crippen LogP contribution in [-0.2, 0) is 0 Å². The molecule has 90 valence electrons. The second-order valence-corrected chi connectivity index (χ2v) is 3.84. The Morgan fingerprint density at radius 1 is 1.50 bits per heavy atom. The largest absolute Gasteiger partial charge is 0.478 e. The first-order chi connectivity index (χ1) is 7.63. The van der Waals surface area contributed by atoms with Crippen molar-refractivity contribution in [2.45, 2.75) is 26.9 Å². The van der Waals surface area contributed by atoms with E-state index in [0.717, 1.165) is 0 Å². The number of nitrogens with one attached hydrogen (secondary N) is 1. The summed E-state index contributed by atoms with van der Waals surface area (Å²) in [6, 6.07) is 1.70. The van der Waals surface area contributed by atoms with E-state index in [4.69, 9.17) is 4.74 Å². The van der Waals surface area contributed by atoms with Gasteiger partial charge in [-0.15, -0.1) is 0 Å². The second kappa shape index (κ2) is 6.27. The van der Waals surface area contributed by atoms with E-state index in [1.807, 2.05) is 20.8 Å². The molecule has 1 heterocycles. The van der Waals surface area contributed by atoms with Crippen molar-refractivity contribution < 1.29 is 9.84 Å². The molecule has 0 spiro atoms. The van der Waals surface area contributed by atoms with Gasteiger partial charge >= 0.3 is 0 Å². The summed E-state index contributed by atoms with van der Waals surface area (Å²) in [6.07, 6.45) is 1.22. The molecule has 0 radical (unpaired) electrons. The Bertz CT molecular complexity index is 318. The zero-order valence-corrected chi connectivity index (χ0v) is 9.97. The molecule has 16 heavy (non-hydrogen) atoms. The topological polar surface area (TPSA) is 67.3 Å². The molecule has 1 atom stereocenters. The van der Waals surface area contributed by atoms with Gasteiger partial charge in [0, 0.05) is 18.8 Å². The summed E-state index contributed by atoms with van der Waals surface area (Å²) < 4.78 is 5.25. The van der Waals surface area contributed by atoms with Crippen molar-refractivity contribution in [2.75, 3.05) is 18.5 Å². The number of aliphatic hydroxyl groups excluding tert-OH is 1. The molecule has 0 aliphatic rings. The summed E-state index contributed by atoms with van der Waals surface area (Å²) in [5.74, 6) is 1.23. The predicted octanol–water partition coefficient (Wildman–Crippen LogP) is 1.30. The smallest absolute Gasteiger partial charge is 0.226 e. The van der Waals surface area contributed by atoms with E-state index in [9.17, 15) is 5.11 Å². The number of nitrogens with zero attached hydrogens (tertiary/aromatic N) is 2. The number of rotatable bonds is 6. The van der Waals surface area contributed by atoms with Gasteiger partial charge in [0.05, 0.1) is 12.7 Å². The lowest BCUT2D eigenvalue weighted by Gasteiger charge is -2.15. The van der Waals surface area contributed by atoms with Crippen molar-refractivity contribution in [3.05, 3.63) is 12.3 Å². The molecule has 1 unspecified atom stereocenters. The average molecular weight is 225 g/mol. The van der Waals surface area contributed by atoms with E-state index in [0.29, 0.717) is 25.0 Å². The van der Waals surface area contributed by atoms with Gasteiger partial charge in [0.2, 0.25) is 11.8 Å². The molecule has 1 aromatic heterocycles. The highest BCUT2D eigenvalue weighted by Gasteiger charge is 2.09. The third kappa shape index (κ3) is 4.02. The highest BCUT2D eigenvalue weighted by molar-refractivity contribution is 5.27. The normalized spacial score (nSPS) is 12.6. The van der Waals surface area contributed by atoms with Crippen molar-refractivity contribution in [3.63, 3.8) is 0 Å². The lowest BCUT2D eigenvalue weighted by Crippen LogP contribution is -2.25. The maximum atomic E-state index is 9.61. The molecular weight excluding hydrogens is 206 g/mol. The number of aromatic nitrogens is 2. The zero-order chi connectivity index (χ0) is 12.0. The fourth-order valence-corrected chi connectivity index (χ4v) is 1.09. The molecule has 0 saturated carbocycles. The van der Waals surface area contributed by atoms with Crippen molar-refractivity contribution in [1.29, 1.82) is 0 Å². The highest BCUT2D eigenvalue weighted by atomic mass is 16.5. The van der Waals surface area contributed by atoms with Crippen LogP contribution in [0.3, 0.4) is 0 Å². The van der Waals surface area contributed by atoms with E-state index in [2.05, 4.69) is 15.3 Å². The van der Waals surface area contributed by atoms with Gasteiger partial charge in [-0.25, -0.2) is 4.98 Å². The fraction of sp³-hybridized carbons (Fsp3) is 0.636. The van der Waals surface area contributed by atoms with Gasteiger partial charge in [-0.05, 0) is 12.8 Å². The summed E-state index contributed by atoms with van der Waals surface area (Å²) in [5.41, 5.74) is 0. The summed E-state index contributed by atoms with van der Waals surface area (Å²) in [7, 11) is 0. The number of aliphatic hydroxyl groups is 1. The second-order valence-electron chi connectivity index (χ2n) is 3.84. The molecule has 1 rings (SSSR count). The Morgan fingerprint density at radius 2 is 2.25 bits per heavy atom. The SMILES string of the molecule is CCOc1ccnc(NCC(O)C(C)C)n1. The maximum Gasteiger partial charge on any atom is 0.226 e. The summed E-state index contributed by atoms with van der Waals surface area (Å²) in [5, 5.41) is 12.6. The van der Waals surface area contributed by atoms with Gasteiger partial charge in [-0.2, -0.15) is 4.98 Å².